The van der Waals surface area contributed by atoms with Gasteiger partial charge in [0.25, 0.3) is 15.9 Å². The normalized spacial score (nSPS) is 12.3. The molecule has 2 N–H and O–H groups in total. The number of anilines is 1. The number of rotatable bonds is 8. The van der Waals surface area contributed by atoms with Crippen molar-refractivity contribution in [1.29, 1.82) is 0 Å². The zero-order valence-corrected chi connectivity index (χ0v) is 18.0. The zero-order valence-electron chi connectivity index (χ0n) is 17.2. The van der Waals surface area contributed by atoms with E-state index < -0.39 is 34.3 Å². The van der Waals surface area contributed by atoms with Gasteiger partial charge in [-0.05, 0) is 55.7 Å². The lowest BCUT2D eigenvalue weighted by Crippen LogP contribution is -2.38. The summed E-state index contributed by atoms with van der Waals surface area (Å²) in [5.74, 6) is -1.64. The molecule has 162 valence electrons. The van der Waals surface area contributed by atoms with Crippen LogP contribution in [0.15, 0.2) is 47.4 Å². The average molecular weight is 437 g/mol. The lowest BCUT2D eigenvalue weighted by atomic mass is 10.1. The Kier molecular flexibility index (Phi) is 7.55. The van der Waals surface area contributed by atoms with E-state index in [2.05, 4.69) is 10.0 Å². The molecule has 0 radical (unpaired) electrons. The fraction of sp³-hybridized carbons (Fsp3) is 0.333. The number of para-hydroxylation sites is 1. The van der Waals surface area contributed by atoms with Crippen molar-refractivity contribution >= 4 is 27.6 Å². The van der Waals surface area contributed by atoms with E-state index in [0.717, 1.165) is 18.2 Å². The van der Waals surface area contributed by atoms with E-state index in [1.807, 2.05) is 20.8 Å². The average Bonchev–Trinajstić information content (AvgIpc) is 2.65. The summed E-state index contributed by atoms with van der Waals surface area (Å²) in [6.07, 6.45) is 0. The quantitative estimate of drug-likeness (QED) is 0.619. The van der Waals surface area contributed by atoms with Crippen LogP contribution in [0, 0.1) is 18.7 Å². The molecule has 0 aliphatic carbocycles. The summed E-state index contributed by atoms with van der Waals surface area (Å²) in [6, 6.07) is 9.06. The van der Waals surface area contributed by atoms with Crippen LogP contribution < -0.4 is 10.0 Å². The van der Waals surface area contributed by atoms with Crippen molar-refractivity contribution in [3.63, 3.8) is 0 Å². The molecular weight excluding hydrogens is 411 g/mol. The summed E-state index contributed by atoms with van der Waals surface area (Å²) < 4.78 is 46.1. The van der Waals surface area contributed by atoms with Crippen molar-refractivity contribution in [2.75, 3.05) is 11.3 Å². The number of carbonyl (C=O) groups excluding carboxylic acids is 2. The largest absolute Gasteiger partial charge is 0.452 e. The molecule has 0 aliphatic heterocycles. The smallest absolute Gasteiger partial charge is 0.340 e. The van der Waals surface area contributed by atoms with E-state index in [0.29, 0.717) is 0 Å². The summed E-state index contributed by atoms with van der Waals surface area (Å²) in [7, 11) is -4.08. The van der Waals surface area contributed by atoms with Crippen LogP contribution in [0.2, 0.25) is 0 Å². The predicted molar refractivity (Wildman–Crippen MR) is 111 cm³/mol. The Balaban J connectivity index is 2.15. The molecule has 2 aromatic rings. The molecule has 7 nitrogen and oxygen atoms in total. The summed E-state index contributed by atoms with van der Waals surface area (Å²) in [5, 5.41) is 2.71. The molecule has 1 atom stereocenters. The molecule has 2 aromatic carbocycles. The lowest BCUT2D eigenvalue weighted by Gasteiger charge is -2.17. The van der Waals surface area contributed by atoms with Crippen LogP contribution in [0.25, 0.3) is 0 Å². The van der Waals surface area contributed by atoms with Gasteiger partial charge in [0.05, 0.1) is 16.1 Å². The zero-order chi connectivity index (χ0) is 22.5. The summed E-state index contributed by atoms with van der Waals surface area (Å²) in [6.45, 7) is 6.71. The molecular formula is C21H25FN2O5S. The molecule has 0 spiro atoms. The van der Waals surface area contributed by atoms with Gasteiger partial charge in [-0.3, -0.25) is 9.52 Å². The van der Waals surface area contributed by atoms with Gasteiger partial charge in [-0.15, -0.1) is 0 Å². The number of hydrogen-bond acceptors (Lipinski definition) is 5. The highest BCUT2D eigenvalue weighted by Gasteiger charge is 2.22. The van der Waals surface area contributed by atoms with Crippen molar-refractivity contribution in [1.82, 2.24) is 5.32 Å². The van der Waals surface area contributed by atoms with Crippen molar-refractivity contribution in [2.45, 2.75) is 38.6 Å². The Morgan fingerprint density at radius 3 is 2.40 bits per heavy atom. The first-order valence-electron chi connectivity index (χ1n) is 9.35. The van der Waals surface area contributed by atoms with Crippen molar-refractivity contribution in [2.24, 2.45) is 5.92 Å². The van der Waals surface area contributed by atoms with Gasteiger partial charge in [-0.1, -0.05) is 26.0 Å². The number of ether oxygens (including phenoxy) is 1. The Morgan fingerprint density at radius 1 is 1.10 bits per heavy atom. The van der Waals surface area contributed by atoms with Gasteiger partial charge in [0.1, 0.15) is 5.82 Å². The molecule has 0 aliphatic rings. The number of aryl methyl sites for hydroxylation is 1. The van der Waals surface area contributed by atoms with Gasteiger partial charge in [0.15, 0.2) is 6.61 Å². The molecule has 9 heteroatoms. The Labute approximate surface area is 175 Å². The molecule has 1 unspecified atom stereocenters. The van der Waals surface area contributed by atoms with Crippen LogP contribution >= 0.6 is 0 Å². The Morgan fingerprint density at radius 2 is 1.77 bits per heavy atom. The number of halogens is 1. The van der Waals surface area contributed by atoms with Crippen molar-refractivity contribution in [3.05, 3.63) is 59.4 Å². The second-order valence-electron chi connectivity index (χ2n) is 7.24. The van der Waals surface area contributed by atoms with E-state index in [-0.39, 0.29) is 33.7 Å². The van der Waals surface area contributed by atoms with Crippen LogP contribution in [0.4, 0.5) is 10.1 Å². The maximum Gasteiger partial charge on any atom is 0.340 e. The van der Waals surface area contributed by atoms with E-state index in [1.165, 1.54) is 19.1 Å². The second kappa shape index (κ2) is 9.71. The first-order chi connectivity index (χ1) is 14.0. The maximum atomic E-state index is 13.3. The molecule has 2 rings (SSSR count). The van der Waals surface area contributed by atoms with E-state index >= 15 is 0 Å². The highest BCUT2D eigenvalue weighted by Crippen LogP contribution is 2.23. The number of esters is 1. The number of benzene rings is 2. The fourth-order valence-corrected chi connectivity index (χ4v) is 3.84. The molecule has 0 bridgehead atoms. The van der Waals surface area contributed by atoms with E-state index in [4.69, 9.17) is 4.74 Å². The first kappa shape index (κ1) is 23.3. The van der Waals surface area contributed by atoms with Crippen LogP contribution in [0.3, 0.4) is 0 Å². The SMILES string of the molecule is Cc1cc(F)ccc1S(=O)(=O)Nc1ccccc1C(=O)OCC(=O)NC(C)C(C)C. The van der Waals surface area contributed by atoms with Crippen LogP contribution in [0.1, 0.15) is 36.7 Å². The minimum atomic E-state index is -4.08. The Bertz CT molecular complexity index is 1040. The maximum absolute atomic E-state index is 13.3. The highest BCUT2D eigenvalue weighted by atomic mass is 32.2. The molecule has 0 saturated heterocycles. The summed E-state index contributed by atoms with van der Waals surface area (Å²) in [4.78, 5) is 24.2. The number of sulfonamides is 1. The third kappa shape index (κ3) is 6.03. The topological polar surface area (TPSA) is 102 Å². The third-order valence-corrected chi connectivity index (χ3v) is 6.07. The molecule has 30 heavy (non-hydrogen) atoms. The van der Waals surface area contributed by atoms with Gasteiger partial charge < -0.3 is 10.1 Å². The summed E-state index contributed by atoms with van der Waals surface area (Å²) in [5.41, 5.74) is 0.159. The van der Waals surface area contributed by atoms with Crippen molar-refractivity contribution in [3.8, 4) is 0 Å². The highest BCUT2D eigenvalue weighted by molar-refractivity contribution is 7.92. The van der Waals surface area contributed by atoms with Crippen LogP contribution in [-0.2, 0) is 19.6 Å². The van der Waals surface area contributed by atoms with Crippen LogP contribution in [-0.4, -0.2) is 32.9 Å². The van der Waals surface area contributed by atoms with Gasteiger partial charge in [0.2, 0.25) is 0 Å². The molecule has 0 fully saturated rings. The minimum Gasteiger partial charge on any atom is -0.452 e. The standard InChI is InChI=1S/C21H25FN2O5S/c1-13(2)15(4)23-20(25)12-29-21(26)17-7-5-6-8-18(17)24-30(27,28)19-10-9-16(22)11-14(19)3/h5-11,13,15,24H,12H2,1-4H3,(H,23,25). The monoisotopic (exact) mass is 436 g/mol. The fourth-order valence-electron chi connectivity index (χ4n) is 2.54. The van der Waals surface area contributed by atoms with Gasteiger partial charge in [-0.25, -0.2) is 17.6 Å². The predicted octanol–water partition coefficient (Wildman–Crippen LogP) is 3.25. The lowest BCUT2D eigenvalue weighted by molar-refractivity contribution is -0.125. The molecule has 0 heterocycles. The summed E-state index contributed by atoms with van der Waals surface area (Å²) >= 11 is 0. The van der Waals surface area contributed by atoms with Gasteiger partial charge in [-0.2, -0.15) is 0 Å². The first-order valence-corrected chi connectivity index (χ1v) is 10.8. The van der Waals surface area contributed by atoms with Crippen molar-refractivity contribution < 1.29 is 27.1 Å². The van der Waals surface area contributed by atoms with E-state index in [9.17, 15) is 22.4 Å². The van der Waals surface area contributed by atoms with Crippen LogP contribution in [0.5, 0.6) is 0 Å². The Hall–Kier alpha value is -2.94. The number of hydrogen-bond donors (Lipinski definition) is 2. The molecule has 1 amide bonds. The minimum absolute atomic E-state index is 0.0119. The third-order valence-electron chi connectivity index (χ3n) is 4.54. The second-order valence-corrected chi connectivity index (χ2v) is 8.89. The van der Waals surface area contributed by atoms with Gasteiger partial charge in [0, 0.05) is 6.04 Å². The molecule has 0 aromatic heterocycles. The van der Waals surface area contributed by atoms with Gasteiger partial charge >= 0.3 is 5.97 Å². The van der Waals surface area contributed by atoms with E-state index in [1.54, 1.807) is 12.1 Å². The number of amides is 1. The number of nitrogens with one attached hydrogen (secondary N) is 2. The molecule has 0 saturated carbocycles. The number of carbonyl (C=O) groups is 2.